The summed E-state index contributed by atoms with van der Waals surface area (Å²) in [5.41, 5.74) is -1.74. The first-order valence-corrected chi connectivity index (χ1v) is 14.4. The Kier molecular flexibility index (Phi) is 8.11. The Labute approximate surface area is 240 Å². The van der Waals surface area contributed by atoms with Gasteiger partial charge in [0.05, 0.1) is 30.6 Å². The second kappa shape index (κ2) is 11.3. The molecule has 2 N–H and O–H groups in total. The molecule has 1 saturated heterocycles. The molecule has 3 aliphatic heterocycles. The Hall–Kier alpha value is -3.08. The number of benzene rings is 1. The molecule has 3 heterocycles. The van der Waals surface area contributed by atoms with Crippen LogP contribution in [0.4, 0.5) is 0 Å². The Bertz CT molecular complexity index is 1230. The molecule has 0 saturated carbocycles. The van der Waals surface area contributed by atoms with Gasteiger partial charge in [-0.15, -0.1) is 0 Å². The monoisotopic (exact) mass is 571 g/mol. The highest BCUT2D eigenvalue weighted by molar-refractivity contribution is 5.86. The predicted molar refractivity (Wildman–Crippen MR) is 148 cm³/mol. The van der Waals surface area contributed by atoms with Gasteiger partial charge in [-0.25, -0.2) is 4.79 Å². The van der Waals surface area contributed by atoms with E-state index in [0.717, 1.165) is 43.5 Å². The van der Waals surface area contributed by atoms with Crippen LogP contribution >= 0.6 is 0 Å². The van der Waals surface area contributed by atoms with Gasteiger partial charge in [-0.2, -0.15) is 0 Å². The number of fused-ring (bicyclic) bond motifs is 3. The molecule has 4 unspecified atom stereocenters. The fourth-order valence-corrected chi connectivity index (χ4v) is 6.62. The second-order valence-corrected chi connectivity index (χ2v) is 12.1. The van der Waals surface area contributed by atoms with E-state index in [0.29, 0.717) is 17.3 Å². The topological polar surface area (TPSA) is 124 Å². The van der Waals surface area contributed by atoms with Crippen molar-refractivity contribution in [1.82, 2.24) is 4.90 Å². The highest BCUT2D eigenvalue weighted by atomic mass is 16.7. The summed E-state index contributed by atoms with van der Waals surface area (Å²) >= 11 is 0. The fourth-order valence-electron chi connectivity index (χ4n) is 6.62. The lowest BCUT2D eigenvalue weighted by Crippen LogP contribution is -2.49. The normalized spacial score (nSPS) is 26.4. The van der Waals surface area contributed by atoms with Crippen molar-refractivity contribution < 1.29 is 43.5 Å². The van der Waals surface area contributed by atoms with Gasteiger partial charge in [0.25, 0.3) is 0 Å². The molecular weight excluding hydrogens is 530 g/mol. The standard InChI is InChI=1S/C31H41NO9/c1-5-6-14-38-25(33)18-31(36,11-10-29(2,3)35)28(34)41-27-24(37-4)17-30-9-7-12-32(30)13-8-20-15-22-23(40-19-39-22)16-21(20)26(27)30/h5-6,15-17,26-27,35-36H,7-14,18-19H2,1-4H3/b6-5+. The van der Waals surface area contributed by atoms with Crippen LogP contribution in [0.1, 0.15) is 69.9 Å². The van der Waals surface area contributed by atoms with Crippen LogP contribution in [0.2, 0.25) is 0 Å². The molecule has 1 fully saturated rings. The number of hydrogen-bond donors (Lipinski definition) is 2. The first-order valence-electron chi connectivity index (χ1n) is 14.4. The van der Waals surface area contributed by atoms with E-state index < -0.39 is 41.2 Å². The number of esters is 2. The highest BCUT2D eigenvalue weighted by Crippen LogP contribution is 2.55. The molecule has 0 aromatic heterocycles. The zero-order valence-corrected chi connectivity index (χ0v) is 24.3. The largest absolute Gasteiger partial charge is 0.497 e. The summed E-state index contributed by atoms with van der Waals surface area (Å²) in [6.07, 6.45) is 6.52. The molecule has 0 bridgehead atoms. The Morgan fingerprint density at radius 1 is 1.17 bits per heavy atom. The number of hydrogen-bond acceptors (Lipinski definition) is 10. The molecule has 4 atom stereocenters. The minimum atomic E-state index is -2.21. The Balaban J connectivity index is 1.49. The van der Waals surface area contributed by atoms with Gasteiger partial charge in [-0.1, -0.05) is 12.2 Å². The summed E-state index contributed by atoms with van der Waals surface area (Å²) in [7, 11) is 1.55. The molecule has 4 aliphatic rings. The molecule has 1 aromatic rings. The van der Waals surface area contributed by atoms with Crippen LogP contribution in [-0.2, 0) is 30.2 Å². The van der Waals surface area contributed by atoms with Gasteiger partial charge in [0.15, 0.2) is 23.2 Å². The average Bonchev–Trinajstić information content (AvgIpc) is 3.61. The molecule has 10 heteroatoms. The fraction of sp³-hybridized carbons (Fsp3) is 0.613. The lowest BCUT2D eigenvalue weighted by Gasteiger charge is -2.39. The highest BCUT2D eigenvalue weighted by Gasteiger charge is 2.59. The van der Waals surface area contributed by atoms with Crippen LogP contribution in [0.3, 0.4) is 0 Å². The van der Waals surface area contributed by atoms with E-state index in [4.69, 9.17) is 23.7 Å². The van der Waals surface area contributed by atoms with Gasteiger partial charge in [0.2, 0.25) is 6.79 Å². The quantitative estimate of drug-likeness (QED) is 0.320. The van der Waals surface area contributed by atoms with Gasteiger partial charge >= 0.3 is 11.9 Å². The summed E-state index contributed by atoms with van der Waals surface area (Å²) in [4.78, 5) is 29.0. The van der Waals surface area contributed by atoms with Crippen molar-refractivity contribution in [3.63, 3.8) is 0 Å². The number of rotatable bonds is 10. The number of nitrogens with zero attached hydrogens (tertiary/aromatic N) is 1. The van der Waals surface area contributed by atoms with E-state index in [1.54, 1.807) is 40.0 Å². The maximum atomic E-state index is 13.9. The summed E-state index contributed by atoms with van der Waals surface area (Å²) in [6, 6.07) is 4.00. The first-order chi connectivity index (χ1) is 19.5. The Morgan fingerprint density at radius 3 is 2.63 bits per heavy atom. The van der Waals surface area contributed by atoms with Crippen LogP contribution in [0.25, 0.3) is 0 Å². The minimum Gasteiger partial charge on any atom is -0.497 e. The summed E-state index contributed by atoms with van der Waals surface area (Å²) < 4.78 is 28.6. The lowest BCUT2D eigenvalue weighted by molar-refractivity contribution is -0.179. The zero-order chi connectivity index (χ0) is 29.4. The number of carbonyl (C=O) groups excluding carboxylic acids is 2. The van der Waals surface area contributed by atoms with Crippen LogP contribution in [0.5, 0.6) is 11.5 Å². The average molecular weight is 572 g/mol. The van der Waals surface area contributed by atoms with Crippen molar-refractivity contribution in [1.29, 1.82) is 0 Å². The van der Waals surface area contributed by atoms with E-state index in [-0.39, 0.29) is 32.2 Å². The van der Waals surface area contributed by atoms with Crippen molar-refractivity contribution in [3.05, 3.63) is 47.2 Å². The molecule has 1 spiro atoms. The van der Waals surface area contributed by atoms with Gasteiger partial charge in [0.1, 0.15) is 12.4 Å². The molecule has 224 valence electrons. The Morgan fingerprint density at radius 2 is 1.93 bits per heavy atom. The lowest BCUT2D eigenvalue weighted by atomic mass is 9.77. The number of aliphatic hydroxyl groups is 2. The smallest absolute Gasteiger partial charge is 0.339 e. The number of allylic oxidation sites excluding steroid dienone is 1. The van der Waals surface area contributed by atoms with Crippen molar-refractivity contribution in [2.45, 2.75) is 88.1 Å². The van der Waals surface area contributed by atoms with Crippen molar-refractivity contribution in [2.75, 3.05) is 33.6 Å². The maximum Gasteiger partial charge on any atom is 0.339 e. The number of ether oxygens (including phenoxy) is 5. The molecule has 1 aliphatic carbocycles. The third kappa shape index (κ3) is 5.69. The van der Waals surface area contributed by atoms with Gasteiger partial charge < -0.3 is 33.9 Å². The van der Waals surface area contributed by atoms with Crippen LogP contribution < -0.4 is 9.47 Å². The zero-order valence-electron chi connectivity index (χ0n) is 24.3. The van der Waals surface area contributed by atoms with E-state index >= 15 is 0 Å². The molecule has 1 aromatic carbocycles. The minimum absolute atomic E-state index is 0.0262. The number of carbonyl (C=O) groups is 2. The van der Waals surface area contributed by atoms with E-state index in [9.17, 15) is 19.8 Å². The van der Waals surface area contributed by atoms with Gasteiger partial charge in [0, 0.05) is 6.54 Å². The predicted octanol–water partition coefficient (Wildman–Crippen LogP) is 3.14. The van der Waals surface area contributed by atoms with Crippen molar-refractivity contribution in [3.8, 4) is 11.5 Å². The second-order valence-electron chi connectivity index (χ2n) is 12.1. The first kappa shape index (κ1) is 29.4. The van der Waals surface area contributed by atoms with Crippen LogP contribution in [0, 0.1) is 0 Å². The van der Waals surface area contributed by atoms with Gasteiger partial charge in [-0.05, 0) is 88.8 Å². The molecule has 41 heavy (non-hydrogen) atoms. The molecule has 0 radical (unpaired) electrons. The van der Waals surface area contributed by atoms with Crippen LogP contribution in [0.15, 0.2) is 36.1 Å². The molecular formula is C31H41NO9. The number of methoxy groups -OCH3 is 1. The molecule has 10 nitrogen and oxygen atoms in total. The van der Waals surface area contributed by atoms with E-state index in [2.05, 4.69) is 11.0 Å². The molecule has 0 amide bonds. The summed E-state index contributed by atoms with van der Waals surface area (Å²) in [5.74, 6) is -0.169. The van der Waals surface area contributed by atoms with Crippen molar-refractivity contribution >= 4 is 11.9 Å². The van der Waals surface area contributed by atoms with Crippen LogP contribution in [-0.4, -0.2) is 83.5 Å². The summed E-state index contributed by atoms with van der Waals surface area (Å²) in [5, 5.41) is 22.0. The van der Waals surface area contributed by atoms with E-state index in [1.165, 1.54) is 0 Å². The summed E-state index contributed by atoms with van der Waals surface area (Å²) in [6.45, 7) is 6.86. The molecule has 5 rings (SSSR count). The SMILES string of the molecule is C/C=C/COC(=O)CC(O)(CCC(C)(C)O)C(=O)OC1C(OC)=CC23CCCN2CCc2cc4c(cc2C13)OCO4. The van der Waals surface area contributed by atoms with Gasteiger partial charge in [-0.3, -0.25) is 9.69 Å². The third-order valence-electron chi connectivity index (χ3n) is 8.74. The van der Waals surface area contributed by atoms with Crippen molar-refractivity contribution in [2.24, 2.45) is 0 Å². The third-order valence-corrected chi connectivity index (χ3v) is 8.74. The maximum absolute atomic E-state index is 13.9. The van der Waals surface area contributed by atoms with E-state index in [1.807, 2.05) is 12.1 Å².